The van der Waals surface area contributed by atoms with E-state index in [1.165, 1.54) is 0 Å². The summed E-state index contributed by atoms with van der Waals surface area (Å²) in [5.41, 5.74) is -0.133. The minimum atomic E-state index is -0.994. The number of carbonyl (C=O) groups excluding carboxylic acids is 2. The third-order valence-corrected chi connectivity index (χ3v) is 4.59. The van der Waals surface area contributed by atoms with E-state index in [0.717, 1.165) is 0 Å². The van der Waals surface area contributed by atoms with Crippen molar-refractivity contribution >= 4 is 34.3 Å². The molecule has 0 spiro atoms. The van der Waals surface area contributed by atoms with Crippen LogP contribution in [0, 0.1) is 0 Å². The molecule has 0 bridgehead atoms. The summed E-state index contributed by atoms with van der Waals surface area (Å²) in [6.07, 6.45) is -0.364. The SMILES string of the molecule is CCOC(=O)C(=O)C[C@H](c1ccc(Cl)cc1)c1c(O)c2ccccc2oc1=O. The number of halogens is 1. The van der Waals surface area contributed by atoms with Gasteiger partial charge in [-0.2, -0.15) is 0 Å². The van der Waals surface area contributed by atoms with E-state index in [2.05, 4.69) is 0 Å². The van der Waals surface area contributed by atoms with E-state index in [-0.39, 0.29) is 29.9 Å². The maximum absolute atomic E-state index is 12.6. The molecule has 28 heavy (non-hydrogen) atoms. The predicted molar refractivity (Wildman–Crippen MR) is 104 cm³/mol. The molecule has 144 valence electrons. The Bertz CT molecular complexity index is 1080. The molecule has 0 aliphatic carbocycles. The highest BCUT2D eigenvalue weighted by atomic mass is 35.5. The first-order valence-corrected chi connectivity index (χ1v) is 9.00. The number of Topliss-reactive ketones (excluding diaryl/α,β-unsaturated/α-hetero) is 1. The highest BCUT2D eigenvalue weighted by Crippen LogP contribution is 2.36. The second-order valence-corrected chi connectivity index (χ2v) is 6.54. The Balaban J connectivity index is 2.15. The van der Waals surface area contributed by atoms with Crippen molar-refractivity contribution in [1.29, 1.82) is 0 Å². The number of ketones is 1. The topological polar surface area (TPSA) is 93.8 Å². The largest absolute Gasteiger partial charge is 0.507 e. The van der Waals surface area contributed by atoms with Crippen molar-refractivity contribution in [3.8, 4) is 5.75 Å². The minimum absolute atomic E-state index is 0.0551. The first kappa shape index (κ1) is 19.6. The molecular formula is C21H17ClO6. The molecule has 3 aromatic rings. The number of hydrogen-bond donors (Lipinski definition) is 1. The molecule has 1 atom stereocenters. The number of carbonyl (C=O) groups is 2. The summed E-state index contributed by atoms with van der Waals surface area (Å²) in [6, 6.07) is 13.0. The van der Waals surface area contributed by atoms with Gasteiger partial charge in [-0.25, -0.2) is 9.59 Å². The summed E-state index contributed by atoms with van der Waals surface area (Å²) < 4.78 is 10.1. The highest BCUT2D eigenvalue weighted by Gasteiger charge is 2.29. The van der Waals surface area contributed by atoms with E-state index in [4.69, 9.17) is 20.8 Å². The standard InChI is InChI=1S/C21H17ClO6/c1-2-27-20(25)16(23)11-15(12-7-9-13(22)10-8-12)18-19(24)14-5-3-4-6-17(14)28-21(18)26/h3-10,15,24H,2,11H2,1H3/t15-/m1/s1. The van der Waals surface area contributed by atoms with Gasteiger partial charge >= 0.3 is 11.6 Å². The molecular weight excluding hydrogens is 384 g/mol. The normalized spacial score (nSPS) is 11.9. The number of hydrogen-bond acceptors (Lipinski definition) is 6. The molecule has 7 heteroatoms. The fourth-order valence-corrected chi connectivity index (χ4v) is 3.14. The summed E-state index contributed by atoms with van der Waals surface area (Å²) in [7, 11) is 0. The van der Waals surface area contributed by atoms with Crippen LogP contribution >= 0.6 is 11.6 Å². The summed E-state index contributed by atoms with van der Waals surface area (Å²) in [6.45, 7) is 1.64. The average Bonchev–Trinajstić information content (AvgIpc) is 2.68. The van der Waals surface area contributed by atoms with E-state index in [9.17, 15) is 19.5 Å². The monoisotopic (exact) mass is 400 g/mol. The summed E-state index contributed by atoms with van der Waals surface area (Å²) in [5.74, 6) is -3.00. The van der Waals surface area contributed by atoms with Crippen LogP contribution in [0.15, 0.2) is 57.7 Å². The summed E-state index contributed by atoms with van der Waals surface area (Å²) in [4.78, 5) is 36.8. The zero-order chi connectivity index (χ0) is 20.3. The number of rotatable bonds is 6. The Kier molecular flexibility index (Phi) is 5.80. The van der Waals surface area contributed by atoms with Crippen molar-refractivity contribution in [1.82, 2.24) is 0 Å². The van der Waals surface area contributed by atoms with E-state index < -0.39 is 23.3 Å². The van der Waals surface area contributed by atoms with E-state index in [1.807, 2.05) is 0 Å². The number of fused-ring (bicyclic) bond motifs is 1. The van der Waals surface area contributed by atoms with Crippen molar-refractivity contribution in [2.75, 3.05) is 6.61 Å². The lowest BCUT2D eigenvalue weighted by Crippen LogP contribution is -2.23. The lowest BCUT2D eigenvalue weighted by Gasteiger charge is -2.18. The van der Waals surface area contributed by atoms with Gasteiger partial charge in [-0.05, 0) is 36.8 Å². The molecule has 0 saturated heterocycles. The van der Waals surface area contributed by atoms with Gasteiger partial charge in [-0.15, -0.1) is 0 Å². The van der Waals surface area contributed by atoms with E-state index in [1.54, 1.807) is 55.5 Å². The molecule has 1 aromatic heterocycles. The molecule has 3 rings (SSSR count). The summed E-state index contributed by atoms with van der Waals surface area (Å²) in [5, 5.41) is 11.6. The van der Waals surface area contributed by atoms with Crippen molar-refractivity contribution in [3.63, 3.8) is 0 Å². The van der Waals surface area contributed by atoms with Crippen LogP contribution < -0.4 is 5.63 Å². The average molecular weight is 401 g/mol. The lowest BCUT2D eigenvalue weighted by molar-refractivity contribution is -0.153. The third kappa shape index (κ3) is 3.92. The molecule has 6 nitrogen and oxygen atoms in total. The van der Waals surface area contributed by atoms with Crippen LogP contribution in [0.2, 0.25) is 5.02 Å². The molecule has 2 aromatic carbocycles. The Morgan fingerprint density at radius 1 is 1.14 bits per heavy atom. The molecule has 0 aliphatic rings. The molecule has 0 unspecified atom stereocenters. The molecule has 1 N–H and O–H groups in total. The van der Waals surface area contributed by atoms with Gasteiger partial charge in [0.25, 0.3) is 0 Å². The summed E-state index contributed by atoms with van der Waals surface area (Å²) >= 11 is 5.93. The first-order chi connectivity index (χ1) is 13.4. The van der Waals surface area contributed by atoms with Crippen LogP contribution in [0.3, 0.4) is 0 Å². The van der Waals surface area contributed by atoms with E-state index >= 15 is 0 Å². The van der Waals surface area contributed by atoms with Crippen molar-refractivity contribution in [2.45, 2.75) is 19.3 Å². The smallest absolute Gasteiger partial charge is 0.374 e. The van der Waals surface area contributed by atoms with Gasteiger partial charge in [-0.1, -0.05) is 35.9 Å². The van der Waals surface area contributed by atoms with Crippen molar-refractivity contribution in [3.05, 3.63) is 75.1 Å². The van der Waals surface area contributed by atoms with Crippen LogP contribution in [0.4, 0.5) is 0 Å². The van der Waals surface area contributed by atoms with Crippen LogP contribution in [-0.2, 0) is 14.3 Å². The van der Waals surface area contributed by atoms with Gasteiger partial charge in [0, 0.05) is 17.4 Å². The van der Waals surface area contributed by atoms with Crippen molar-refractivity contribution in [2.24, 2.45) is 0 Å². The lowest BCUT2D eigenvalue weighted by atomic mass is 9.87. The number of aromatic hydroxyl groups is 1. The first-order valence-electron chi connectivity index (χ1n) is 8.62. The number of esters is 1. The molecule has 1 heterocycles. The molecule has 0 aliphatic heterocycles. The van der Waals surface area contributed by atoms with Crippen LogP contribution in [0.1, 0.15) is 30.4 Å². The zero-order valence-corrected chi connectivity index (χ0v) is 15.7. The van der Waals surface area contributed by atoms with Gasteiger partial charge in [0.05, 0.1) is 17.6 Å². The Labute approximate surface area is 165 Å². The highest BCUT2D eigenvalue weighted by molar-refractivity contribution is 6.33. The van der Waals surface area contributed by atoms with Gasteiger partial charge < -0.3 is 14.3 Å². The fourth-order valence-electron chi connectivity index (χ4n) is 3.02. The molecule has 0 radical (unpaired) electrons. The fraction of sp³-hybridized carbons (Fsp3) is 0.190. The number of ether oxygens (including phenoxy) is 1. The number of benzene rings is 2. The Hall–Kier alpha value is -3.12. The minimum Gasteiger partial charge on any atom is -0.507 e. The van der Waals surface area contributed by atoms with Gasteiger partial charge in [0.2, 0.25) is 5.78 Å². The molecule has 0 fully saturated rings. The molecule has 0 amide bonds. The van der Waals surface area contributed by atoms with Crippen LogP contribution in [0.5, 0.6) is 5.75 Å². The maximum atomic E-state index is 12.6. The zero-order valence-electron chi connectivity index (χ0n) is 15.0. The second-order valence-electron chi connectivity index (χ2n) is 6.10. The second kappa shape index (κ2) is 8.27. The maximum Gasteiger partial charge on any atom is 0.374 e. The Morgan fingerprint density at radius 2 is 1.82 bits per heavy atom. The van der Waals surface area contributed by atoms with Gasteiger partial charge in [0.15, 0.2) is 0 Å². The van der Waals surface area contributed by atoms with Crippen LogP contribution in [-0.4, -0.2) is 23.5 Å². The van der Waals surface area contributed by atoms with E-state index in [0.29, 0.717) is 16.0 Å². The molecule has 0 saturated carbocycles. The quantitative estimate of drug-likeness (QED) is 0.384. The Morgan fingerprint density at radius 3 is 2.50 bits per heavy atom. The predicted octanol–water partition coefficient (Wildman–Crippen LogP) is 3.81. The van der Waals surface area contributed by atoms with Gasteiger partial charge in [-0.3, -0.25) is 4.79 Å². The third-order valence-electron chi connectivity index (χ3n) is 4.33. The number of para-hydroxylation sites is 1. The van der Waals surface area contributed by atoms with Crippen molar-refractivity contribution < 1.29 is 23.8 Å². The van der Waals surface area contributed by atoms with Gasteiger partial charge in [0.1, 0.15) is 11.3 Å². The van der Waals surface area contributed by atoms with Crippen LogP contribution in [0.25, 0.3) is 11.0 Å².